The highest BCUT2D eigenvalue weighted by Gasteiger charge is 2.38. The molecule has 0 bridgehead atoms. The lowest BCUT2D eigenvalue weighted by Gasteiger charge is -2.43. The van der Waals surface area contributed by atoms with Gasteiger partial charge in [-0.25, -0.2) is 14.2 Å². The maximum Gasteiger partial charge on any atom is 0.317 e. The number of rotatable bonds is 8. The van der Waals surface area contributed by atoms with Crippen molar-refractivity contribution in [3.8, 4) is 5.75 Å². The first-order chi connectivity index (χ1) is 23.2. The lowest BCUT2D eigenvalue weighted by molar-refractivity contribution is -0.492. The van der Waals surface area contributed by atoms with E-state index in [4.69, 9.17) is 4.74 Å². The van der Waals surface area contributed by atoms with Gasteiger partial charge < -0.3 is 25.2 Å². The number of nitrogens with one attached hydrogen (secondary N) is 4. The number of likely N-dealkylation sites (tertiary alicyclic amines) is 1. The lowest BCUT2D eigenvalue weighted by Crippen LogP contribution is -2.76. The third-order valence-corrected chi connectivity index (χ3v) is 9.49. The Hall–Kier alpha value is -4.78. The lowest BCUT2D eigenvalue weighted by atomic mass is 9.95. The van der Waals surface area contributed by atoms with E-state index in [0.717, 1.165) is 28.6 Å². The number of hydrogen-bond donors (Lipinski definition) is 4. The summed E-state index contributed by atoms with van der Waals surface area (Å²) >= 11 is 0. The largest absolute Gasteiger partial charge is 0.496 e. The Morgan fingerprint density at radius 1 is 1.10 bits per heavy atom. The van der Waals surface area contributed by atoms with E-state index >= 15 is 4.39 Å². The molecule has 2 aromatic carbocycles. The van der Waals surface area contributed by atoms with Crippen LogP contribution < -0.4 is 20.4 Å². The van der Waals surface area contributed by atoms with Crippen molar-refractivity contribution < 1.29 is 28.5 Å². The van der Waals surface area contributed by atoms with Crippen LogP contribution in [0.5, 0.6) is 5.75 Å². The molecule has 3 aliphatic rings. The molecule has 0 saturated carbocycles. The Morgan fingerprint density at radius 2 is 1.90 bits per heavy atom. The molecule has 0 radical (unpaired) electrons. The number of urea groups is 1. The maximum atomic E-state index is 15.1. The highest BCUT2D eigenvalue weighted by molar-refractivity contribution is 6.01. The van der Waals surface area contributed by atoms with E-state index in [1.807, 2.05) is 36.2 Å². The Morgan fingerprint density at radius 3 is 2.65 bits per heavy atom. The van der Waals surface area contributed by atoms with Crippen LogP contribution in [0.1, 0.15) is 54.7 Å². The molecule has 0 spiro atoms. The molecule has 0 aliphatic carbocycles. The summed E-state index contributed by atoms with van der Waals surface area (Å²) in [4.78, 5) is 48.7. The molecule has 4 heterocycles. The molecule has 254 valence electrons. The van der Waals surface area contributed by atoms with Crippen LogP contribution in [0.3, 0.4) is 0 Å². The standard InChI is InChI=1S/C35H43FN8O4/c1-4-37-35(47)43-16-14-42(15-17-43)34(46)30-11-9-25(20-44(30)21-27-28(36)6-5-7-31(27)48-3)39-33(45)24-8-10-29-26(19-24)32(41-40-29)23-12-13-38-22(2)18-23/h5-8,10,12-13,19,22,25,30H,4,9,11,14-18,20-21H2,1-3H3,(H,37,47)(H,39,45)(H,40,41)/p+1/t22?,25-,30+/m1/s1. The minimum atomic E-state index is -0.513. The second-order valence-electron chi connectivity index (χ2n) is 12.7. The predicted octanol–water partition coefficient (Wildman–Crippen LogP) is 1.67. The van der Waals surface area contributed by atoms with Crippen LogP contribution in [0.15, 0.2) is 42.5 Å². The van der Waals surface area contributed by atoms with E-state index in [0.29, 0.717) is 69.0 Å². The van der Waals surface area contributed by atoms with Gasteiger partial charge in [0.25, 0.3) is 5.91 Å². The third-order valence-electron chi connectivity index (χ3n) is 9.49. The fourth-order valence-electron chi connectivity index (χ4n) is 6.92. The van der Waals surface area contributed by atoms with Crippen LogP contribution in [0.4, 0.5) is 9.18 Å². The van der Waals surface area contributed by atoms with Crippen LogP contribution in [0.25, 0.3) is 16.5 Å². The van der Waals surface area contributed by atoms with Gasteiger partial charge >= 0.3 is 6.03 Å². The van der Waals surface area contributed by atoms with Gasteiger partial charge in [0.05, 0.1) is 24.4 Å². The Bertz CT molecular complexity index is 1730. The summed E-state index contributed by atoms with van der Waals surface area (Å²) in [6.45, 7) is 6.75. The van der Waals surface area contributed by atoms with Gasteiger partial charge in [0.2, 0.25) is 5.91 Å². The molecule has 4 N–H and O–H groups in total. The zero-order valence-electron chi connectivity index (χ0n) is 27.7. The summed E-state index contributed by atoms with van der Waals surface area (Å²) in [5.41, 5.74) is 3.66. The van der Waals surface area contributed by atoms with Crippen molar-refractivity contribution in [3.63, 3.8) is 0 Å². The number of fused-ring (bicyclic) bond motifs is 1. The van der Waals surface area contributed by atoms with Crippen molar-refractivity contribution in [1.29, 1.82) is 0 Å². The second-order valence-corrected chi connectivity index (χ2v) is 12.7. The summed E-state index contributed by atoms with van der Waals surface area (Å²) in [5.74, 6) is -0.282. The van der Waals surface area contributed by atoms with E-state index in [2.05, 4.69) is 32.7 Å². The third kappa shape index (κ3) is 7.05. The number of carbonyl (C=O) groups is 3. The van der Waals surface area contributed by atoms with Crippen LogP contribution in [0, 0.1) is 5.82 Å². The van der Waals surface area contributed by atoms with Gasteiger partial charge in [-0.05, 0) is 62.6 Å². The van der Waals surface area contributed by atoms with E-state index in [9.17, 15) is 14.4 Å². The number of allylic oxidation sites excluding steroid dienone is 1. The van der Waals surface area contributed by atoms with Gasteiger partial charge in [-0.1, -0.05) is 6.07 Å². The summed E-state index contributed by atoms with van der Waals surface area (Å²) in [6, 6.07) is 9.58. The minimum Gasteiger partial charge on any atom is -0.496 e. The summed E-state index contributed by atoms with van der Waals surface area (Å²) < 4.78 is 20.6. The number of benzene rings is 2. The highest BCUT2D eigenvalue weighted by atomic mass is 19.1. The number of piperazine rings is 1. The van der Waals surface area contributed by atoms with Gasteiger partial charge in [-0.3, -0.25) is 19.6 Å². The number of nitrogens with zero attached hydrogens (tertiary/aromatic N) is 4. The molecule has 3 aliphatic heterocycles. The normalized spacial score (nSPS) is 21.6. The number of piperidine rings is 1. The first-order valence-corrected chi connectivity index (χ1v) is 16.7. The number of amides is 4. The van der Waals surface area contributed by atoms with Crippen molar-refractivity contribution in [2.24, 2.45) is 0 Å². The molecule has 2 saturated heterocycles. The number of ether oxygens (including phenoxy) is 1. The number of aromatic nitrogens is 2. The Kier molecular flexibility index (Phi) is 10.0. The molecule has 2 fully saturated rings. The molecule has 3 aromatic rings. The van der Waals surface area contributed by atoms with E-state index in [1.165, 1.54) is 13.2 Å². The molecule has 3 atom stereocenters. The monoisotopic (exact) mass is 659 g/mol. The van der Waals surface area contributed by atoms with Gasteiger partial charge in [0, 0.05) is 80.9 Å². The summed E-state index contributed by atoms with van der Waals surface area (Å²) in [7, 11) is 1.50. The van der Waals surface area contributed by atoms with Gasteiger partial charge in [0.15, 0.2) is 12.3 Å². The Labute approximate surface area is 279 Å². The average Bonchev–Trinajstić information content (AvgIpc) is 3.53. The zero-order valence-corrected chi connectivity index (χ0v) is 27.7. The fraction of sp³-hybridized carbons (Fsp3) is 0.457. The summed E-state index contributed by atoms with van der Waals surface area (Å²) in [5, 5.41) is 14.5. The number of methoxy groups -OCH3 is 1. The van der Waals surface area contributed by atoms with Crippen molar-refractivity contribution in [1.82, 2.24) is 35.5 Å². The van der Waals surface area contributed by atoms with Crippen molar-refractivity contribution >= 4 is 40.5 Å². The summed E-state index contributed by atoms with van der Waals surface area (Å²) in [6.07, 6.45) is 5.83. The number of halogens is 1. The first-order valence-electron chi connectivity index (χ1n) is 16.7. The number of hydrogen-bond acceptors (Lipinski definition) is 6. The topological polar surface area (TPSA) is 137 Å². The van der Waals surface area contributed by atoms with Crippen LogP contribution >= 0.6 is 0 Å². The van der Waals surface area contributed by atoms with E-state index in [1.54, 1.807) is 28.0 Å². The molecular formula is C35H44FN8O4+. The van der Waals surface area contributed by atoms with E-state index in [-0.39, 0.29) is 36.5 Å². The van der Waals surface area contributed by atoms with Crippen LogP contribution in [-0.4, -0.2) is 113 Å². The first kappa shape index (κ1) is 33.1. The molecule has 12 nitrogen and oxygen atoms in total. The minimum absolute atomic E-state index is 0.0534. The quantitative estimate of drug-likeness (QED) is 0.291. The van der Waals surface area contributed by atoms with Gasteiger partial charge in [-0.15, -0.1) is 0 Å². The van der Waals surface area contributed by atoms with Crippen molar-refractivity contribution in [3.05, 3.63) is 65.1 Å². The number of aromatic amines is 1. The molecule has 1 unspecified atom stereocenters. The SMILES string of the molecule is CCNC(=O)N1CCN(C(=O)[C@@H]2CC[C@@H](NC(=O)c3ccc4[nH]nc(C5=CC=[NH+]C(C)C5)c4c3)CN2Cc2c(F)cccc2OC)CC1. The highest BCUT2D eigenvalue weighted by Crippen LogP contribution is 2.29. The smallest absolute Gasteiger partial charge is 0.317 e. The van der Waals surface area contributed by atoms with Crippen molar-refractivity contribution in [2.45, 2.75) is 57.8 Å². The molecule has 48 heavy (non-hydrogen) atoms. The van der Waals surface area contributed by atoms with Gasteiger partial charge in [-0.2, -0.15) is 5.10 Å². The van der Waals surface area contributed by atoms with Crippen LogP contribution in [-0.2, 0) is 11.3 Å². The second kappa shape index (κ2) is 14.5. The molecule has 6 rings (SSSR count). The van der Waals surface area contributed by atoms with Gasteiger partial charge in [0.1, 0.15) is 11.6 Å². The average molecular weight is 660 g/mol. The Balaban J connectivity index is 1.19. The predicted molar refractivity (Wildman–Crippen MR) is 180 cm³/mol. The van der Waals surface area contributed by atoms with Crippen LogP contribution in [0.2, 0.25) is 0 Å². The molecular weight excluding hydrogens is 615 g/mol. The number of H-pyrrole nitrogens is 1. The van der Waals surface area contributed by atoms with E-state index < -0.39 is 11.9 Å². The fourth-order valence-corrected chi connectivity index (χ4v) is 6.92. The number of carbonyl (C=O) groups excluding carboxylic acids is 3. The molecule has 1 aromatic heterocycles. The zero-order chi connectivity index (χ0) is 33.8. The van der Waals surface area contributed by atoms with Crippen molar-refractivity contribution in [2.75, 3.05) is 46.4 Å². The molecule has 4 amide bonds. The molecule has 13 heteroatoms. The maximum absolute atomic E-state index is 15.1.